The molecule has 0 unspecified atom stereocenters. The Kier molecular flexibility index (Phi) is 5.98. The number of piperidine rings is 1. The Hall–Kier alpha value is -2.57. The fourth-order valence-electron chi connectivity index (χ4n) is 3.46. The first-order valence-electron chi connectivity index (χ1n) is 9.03. The van der Waals surface area contributed by atoms with Crippen LogP contribution >= 0.6 is 12.4 Å². The summed E-state index contributed by atoms with van der Waals surface area (Å²) in [5.74, 6) is 0.479. The fraction of sp³-hybridized carbons (Fsp3) is 0.300. The number of aryl methyl sites for hydroxylation is 1. The monoisotopic (exact) mass is 385 g/mol. The molecule has 6 nitrogen and oxygen atoms in total. The van der Waals surface area contributed by atoms with Gasteiger partial charge in [0, 0.05) is 24.0 Å². The molecule has 3 aromatic rings. The number of hydrogen-bond acceptors (Lipinski definition) is 3. The van der Waals surface area contributed by atoms with Crippen molar-refractivity contribution in [3.8, 4) is 5.69 Å². The van der Waals surface area contributed by atoms with Crippen LogP contribution in [0.15, 0.2) is 54.9 Å². The van der Waals surface area contributed by atoms with Gasteiger partial charge in [0.15, 0.2) is 5.82 Å². The predicted molar refractivity (Wildman–Crippen MR) is 109 cm³/mol. The predicted octanol–water partition coefficient (Wildman–Crippen LogP) is 3.58. The van der Waals surface area contributed by atoms with Crippen molar-refractivity contribution in [3.63, 3.8) is 0 Å². The number of amides is 1. The van der Waals surface area contributed by atoms with Crippen molar-refractivity contribution in [1.82, 2.24) is 19.7 Å². The smallest absolute Gasteiger partial charge is 0.273 e. The Labute approximate surface area is 165 Å². The van der Waals surface area contributed by atoms with Crippen LogP contribution in [0.25, 0.3) is 5.69 Å². The van der Waals surface area contributed by atoms with E-state index in [1.807, 2.05) is 61.8 Å². The summed E-state index contributed by atoms with van der Waals surface area (Å²) in [4.78, 5) is 12.8. The minimum Gasteiger partial charge on any atom is -0.340 e. The maximum atomic E-state index is 12.8. The van der Waals surface area contributed by atoms with E-state index in [0.717, 1.165) is 37.2 Å². The first-order chi connectivity index (χ1) is 12.7. The van der Waals surface area contributed by atoms with Crippen LogP contribution < -0.4 is 10.6 Å². The maximum absolute atomic E-state index is 12.8. The van der Waals surface area contributed by atoms with Gasteiger partial charge in [-0.25, -0.2) is 4.68 Å². The second-order valence-electron chi connectivity index (χ2n) is 6.68. The van der Waals surface area contributed by atoms with Crippen LogP contribution in [-0.2, 0) is 0 Å². The Morgan fingerprint density at radius 1 is 1.15 bits per heavy atom. The summed E-state index contributed by atoms with van der Waals surface area (Å²) >= 11 is 0. The van der Waals surface area contributed by atoms with Gasteiger partial charge in [0.1, 0.15) is 5.69 Å². The SMILES string of the molecule is Cc1cn(-c2ccccc2)nc1NC(=O)c1cccn1C1CCNCC1.Cl. The summed E-state index contributed by atoms with van der Waals surface area (Å²) in [7, 11) is 0. The summed E-state index contributed by atoms with van der Waals surface area (Å²) in [5.41, 5.74) is 2.59. The number of aromatic nitrogens is 3. The highest BCUT2D eigenvalue weighted by molar-refractivity contribution is 6.03. The summed E-state index contributed by atoms with van der Waals surface area (Å²) in [6.07, 6.45) is 6.00. The van der Waals surface area contributed by atoms with Crippen molar-refractivity contribution in [2.24, 2.45) is 0 Å². The summed E-state index contributed by atoms with van der Waals surface area (Å²) in [5, 5.41) is 10.9. The first-order valence-corrected chi connectivity index (χ1v) is 9.03. The maximum Gasteiger partial charge on any atom is 0.273 e. The third kappa shape index (κ3) is 4.07. The zero-order valence-corrected chi connectivity index (χ0v) is 16.1. The standard InChI is InChI=1S/C20H23N5O.ClH/c1-15-14-25(17-6-3-2-4-7-17)23-19(15)22-20(26)18-8-5-13-24(18)16-9-11-21-12-10-16;/h2-8,13-14,16,21H,9-12H2,1H3,(H,22,23,26);1H. The van der Waals surface area contributed by atoms with Crippen LogP contribution in [0.5, 0.6) is 0 Å². The van der Waals surface area contributed by atoms with E-state index in [9.17, 15) is 4.79 Å². The molecule has 1 aliphatic heterocycles. The number of benzene rings is 1. The van der Waals surface area contributed by atoms with Crippen LogP contribution in [0.1, 0.15) is 34.9 Å². The van der Waals surface area contributed by atoms with Gasteiger partial charge in [0.2, 0.25) is 0 Å². The van der Waals surface area contributed by atoms with Crippen molar-refractivity contribution in [2.45, 2.75) is 25.8 Å². The molecule has 3 heterocycles. The Morgan fingerprint density at radius 3 is 2.63 bits per heavy atom. The van der Waals surface area contributed by atoms with Crippen LogP contribution in [0.2, 0.25) is 0 Å². The van der Waals surface area contributed by atoms with Crippen LogP contribution in [0, 0.1) is 6.92 Å². The number of halogens is 1. The van der Waals surface area contributed by atoms with Gasteiger partial charge in [-0.3, -0.25) is 4.79 Å². The topological polar surface area (TPSA) is 63.9 Å². The van der Waals surface area contributed by atoms with E-state index in [-0.39, 0.29) is 18.3 Å². The molecule has 1 saturated heterocycles. The van der Waals surface area contributed by atoms with Gasteiger partial charge >= 0.3 is 0 Å². The van der Waals surface area contributed by atoms with Crippen molar-refractivity contribution in [2.75, 3.05) is 18.4 Å². The molecular weight excluding hydrogens is 362 g/mol. The number of hydrogen-bond donors (Lipinski definition) is 2. The Bertz CT molecular complexity index is 896. The van der Waals surface area contributed by atoms with Gasteiger partial charge in [-0.2, -0.15) is 0 Å². The van der Waals surface area contributed by atoms with Crippen molar-refractivity contribution in [3.05, 3.63) is 66.1 Å². The second kappa shape index (κ2) is 8.41. The lowest BCUT2D eigenvalue weighted by Crippen LogP contribution is -2.31. The van der Waals surface area contributed by atoms with Gasteiger partial charge in [0.05, 0.1) is 5.69 Å². The second-order valence-corrected chi connectivity index (χ2v) is 6.68. The van der Waals surface area contributed by atoms with Crippen LogP contribution in [-0.4, -0.2) is 33.3 Å². The van der Waals surface area contributed by atoms with E-state index in [0.29, 0.717) is 17.6 Å². The van der Waals surface area contributed by atoms with Crippen molar-refractivity contribution in [1.29, 1.82) is 0 Å². The van der Waals surface area contributed by atoms with E-state index < -0.39 is 0 Å². The highest BCUT2D eigenvalue weighted by Gasteiger charge is 2.21. The largest absolute Gasteiger partial charge is 0.340 e. The van der Waals surface area contributed by atoms with Gasteiger partial charge in [-0.1, -0.05) is 18.2 Å². The van der Waals surface area contributed by atoms with E-state index in [2.05, 4.69) is 20.3 Å². The number of carbonyl (C=O) groups excluding carboxylic acids is 1. The minimum absolute atomic E-state index is 0. The van der Waals surface area contributed by atoms with Gasteiger partial charge in [-0.05, 0) is 57.1 Å². The molecule has 1 fully saturated rings. The number of rotatable bonds is 4. The van der Waals surface area contributed by atoms with Gasteiger partial charge in [-0.15, -0.1) is 17.5 Å². The molecule has 0 saturated carbocycles. The third-order valence-corrected chi connectivity index (χ3v) is 4.86. The van der Waals surface area contributed by atoms with Crippen LogP contribution in [0.4, 0.5) is 5.82 Å². The normalized spacial score (nSPS) is 14.6. The zero-order valence-electron chi connectivity index (χ0n) is 15.3. The van der Waals surface area contributed by atoms with Gasteiger partial charge in [0.25, 0.3) is 5.91 Å². The number of nitrogens with zero attached hydrogens (tertiary/aromatic N) is 3. The Balaban J connectivity index is 0.00000210. The molecule has 1 amide bonds. The molecule has 27 heavy (non-hydrogen) atoms. The molecule has 0 radical (unpaired) electrons. The molecule has 2 N–H and O–H groups in total. The molecule has 1 aromatic carbocycles. The molecule has 0 atom stereocenters. The molecule has 2 aromatic heterocycles. The zero-order chi connectivity index (χ0) is 17.9. The molecule has 7 heteroatoms. The quantitative estimate of drug-likeness (QED) is 0.721. The summed E-state index contributed by atoms with van der Waals surface area (Å²) < 4.78 is 3.89. The lowest BCUT2D eigenvalue weighted by molar-refractivity contribution is 0.101. The van der Waals surface area contributed by atoms with Crippen molar-refractivity contribution >= 4 is 24.1 Å². The average molecular weight is 386 g/mol. The lowest BCUT2D eigenvalue weighted by Gasteiger charge is -2.25. The Morgan fingerprint density at radius 2 is 1.89 bits per heavy atom. The summed E-state index contributed by atoms with van der Waals surface area (Å²) in [6.45, 7) is 3.93. The highest BCUT2D eigenvalue weighted by Crippen LogP contribution is 2.22. The van der Waals surface area contributed by atoms with E-state index in [1.54, 1.807) is 4.68 Å². The van der Waals surface area contributed by atoms with E-state index >= 15 is 0 Å². The van der Waals surface area contributed by atoms with Crippen molar-refractivity contribution < 1.29 is 4.79 Å². The molecule has 4 rings (SSSR count). The molecular formula is C20H24ClN5O. The number of para-hydroxylation sites is 1. The van der Waals surface area contributed by atoms with E-state index in [4.69, 9.17) is 0 Å². The molecule has 0 aliphatic carbocycles. The number of carbonyl (C=O) groups is 1. The molecule has 0 spiro atoms. The summed E-state index contributed by atoms with van der Waals surface area (Å²) in [6, 6.07) is 14.1. The molecule has 142 valence electrons. The number of nitrogens with one attached hydrogen (secondary N) is 2. The van der Waals surface area contributed by atoms with Gasteiger partial charge < -0.3 is 15.2 Å². The lowest BCUT2D eigenvalue weighted by atomic mass is 10.1. The average Bonchev–Trinajstić information content (AvgIpc) is 3.31. The van der Waals surface area contributed by atoms with Crippen LogP contribution in [0.3, 0.4) is 0 Å². The molecule has 1 aliphatic rings. The number of anilines is 1. The first kappa shape index (κ1) is 19.2. The molecule has 0 bridgehead atoms. The van der Waals surface area contributed by atoms with E-state index in [1.165, 1.54) is 0 Å². The minimum atomic E-state index is -0.116. The third-order valence-electron chi connectivity index (χ3n) is 4.86. The highest BCUT2D eigenvalue weighted by atomic mass is 35.5. The fourth-order valence-corrected chi connectivity index (χ4v) is 3.46.